The number of ether oxygens (including phenoxy) is 1. The van der Waals surface area contributed by atoms with Crippen molar-refractivity contribution in [1.82, 2.24) is 10.2 Å². The average molecular weight is 382 g/mol. The van der Waals surface area contributed by atoms with E-state index in [-0.39, 0.29) is 24.0 Å². The third-order valence-electron chi connectivity index (χ3n) is 5.32. The van der Waals surface area contributed by atoms with E-state index in [1.54, 1.807) is 35.2 Å². The molecule has 1 unspecified atom stereocenters. The smallest absolute Gasteiger partial charge is 0.253 e. The monoisotopic (exact) mass is 382 g/mol. The molecule has 0 bridgehead atoms. The molecule has 1 saturated heterocycles. The number of hydrogen-bond acceptors (Lipinski definition) is 3. The van der Waals surface area contributed by atoms with E-state index in [1.165, 1.54) is 0 Å². The third kappa shape index (κ3) is 3.72. The van der Waals surface area contributed by atoms with Gasteiger partial charge in [0.2, 0.25) is 0 Å². The van der Waals surface area contributed by atoms with E-state index in [4.69, 9.17) is 4.74 Å². The molecular formula is C22H23FN2O3. The zero-order chi connectivity index (χ0) is 19.7. The molecule has 6 heteroatoms. The van der Waals surface area contributed by atoms with Gasteiger partial charge in [0.05, 0.1) is 0 Å². The molecule has 1 fully saturated rings. The van der Waals surface area contributed by atoms with Crippen molar-refractivity contribution in [1.29, 1.82) is 0 Å². The lowest BCUT2D eigenvalue weighted by atomic mass is 10.1. The molecule has 2 heterocycles. The molecule has 2 amide bonds. The Morgan fingerprint density at radius 2 is 1.93 bits per heavy atom. The lowest BCUT2D eigenvalue weighted by Crippen LogP contribution is -2.38. The standard InChI is InChI=1S/C22H23FN2O3/c1-14-10-18-11-17(6-7-20(18)28-14)21(26)24-19-8-9-25(13-19)22(27)16-4-2-15(12-23)3-5-16/h2-7,11,14,19H,8-10,12-13H2,1H3,(H,24,26)/t14?,19-/m1/s1. The number of amides is 2. The zero-order valence-electron chi connectivity index (χ0n) is 15.8. The summed E-state index contributed by atoms with van der Waals surface area (Å²) < 4.78 is 18.3. The molecule has 5 nitrogen and oxygen atoms in total. The number of fused-ring (bicyclic) bond motifs is 1. The SMILES string of the molecule is CC1Cc2cc(C(=O)N[C@@H]3CCN(C(=O)c4ccc(CF)cc4)C3)ccc2O1. The summed E-state index contributed by atoms with van der Waals surface area (Å²) >= 11 is 0. The second-order valence-electron chi connectivity index (χ2n) is 7.50. The average Bonchev–Trinajstić information content (AvgIpc) is 3.32. The zero-order valence-corrected chi connectivity index (χ0v) is 15.8. The van der Waals surface area contributed by atoms with Crippen LogP contribution in [0.2, 0.25) is 0 Å². The highest BCUT2D eigenvalue weighted by molar-refractivity contribution is 5.96. The number of carbonyl (C=O) groups is 2. The van der Waals surface area contributed by atoms with Crippen molar-refractivity contribution in [2.75, 3.05) is 13.1 Å². The van der Waals surface area contributed by atoms with Crippen LogP contribution in [0.1, 0.15) is 45.2 Å². The van der Waals surface area contributed by atoms with Gasteiger partial charge in [0.25, 0.3) is 11.8 Å². The molecule has 2 aromatic rings. The predicted molar refractivity (Wildman–Crippen MR) is 103 cm³/mol. The Labute approximate surface area is 163 Å². The van der Waals surface area contributed by atoms with Gasteiger partial charge in [0.1, 0.15) is 18.5 Å². The van der Waals surface area contributed by atoms with Crippen LogP contribution in [0, 0.1) is 0 Å². The number of rotatable bonds is 4. The Morgan fingerprint density at radius 1 is 1.18 bits per heavy atom. The largest absolute Gasteiger partial charge is 0.490 e. The molecule has 2 aromatic carbocycles. The van der Waals surface area contributed by atoms with E-state index < -0.39 is 6.67 Å². The molecular weight excluding hydrogens is 359 g/mol. The highest BCUT2D eigenvalue weighted by atomic mass is 19.1. The molecule has 0 spiro atoms. The number of hydrogen-bond donors (Lipinski definition) is 1. The van der Waals surface area contributed by atoms with E-state index in [2.05, 4.69) is 5.32 Å². The van der Waals surface area contributed by atoms with Gasteiger partial charge in [-0.2, -0.15) is 0 Å². The highest BCUT2D eigenvalue weighted by Crippen LogP contribution is 2.29. The fraction of sp³-hybridized carbons (Fsp3) is 0.364. The highest BCUT2D eigenvalue weighted by Gasteiger charge is 2.28. The first-order chi connectivity index (χ1) is 13.5. The minimum Gasteiger partial charge on any atom is -0.490 e. The number of benzene rings is 2. The van der Waals surface area contributed by atoms with Gasteiger partial charge in [-0.1, -0.05) is 12.1 Å². The summed E-state index contributed by atoms with van der Waals surface area (Å²) in [5, 5.41) is 3.03. The molecule has 0 aliphatic carbocycles. The van der Waals surface area contributed by atoms with Crippen LogP contribution in [0.25, 0.3) is 0 Å². The van der Waals surface area contributed by atoms with Gasteiger partial charge in [-0.25, -0.2) is 4.39 Å². The summed E-state index contributed by atoms with van der Waals surface area (Å²) in [6, 6.07) is 12.0. The number of nitrogens with one attached hydrogen (secondary N) is 1. The quantitative estimate of drug-likeness (QED) is 0.884. The summed E-state index contributed by atoms with van der Waals surface area (Å²) in [4.78, 5) is 27.0. The summed E-state index contributed by atoms with van der Waals surface area (Å²) in [6.45, 7) is 2.53. The van der Waals surface area contributed by atoms with Gasteiger partial charge in [-0.15, -0.1) is 0 Å². The molecule has 0 saturated carbocycles. The first-order valence-electron chi connectivity index (χ1n) is 9.58. The van der Waals surface area contributed by atoms with Gasteiger partial charge < -0.3 is 15.0 Å². The minimum absolute atomic E-state index is 0.0787. The maximum Gasteiger partial charge on any atom is 0.253 e. The molecule has 28 heavy (non-hydrogen) atoms. The van der Waals surface area contributed by atoms with E-state index in [0.717, 1.165) is 17.7 Å². The van der Waals surface area contributed by atoms with Crippen LogP contribution < -0.4 is 10.1 Å². The maximum atomic E-state index is 12.6. The van der Waals surface area contributed by atoms with Crippen LogP contribution in [-0.2, 0) is 13.1 Å². The minimum atomic E-state index is -0.542. The van der Waals surface area contributed by atoms with Crippen LogP contribution in [0.3, 0.4) is 0 Å². The normalized spacial score (nSPS) is 20.6. The number of nitrogens with zero attached hydrogens (tertiary/aromatic N) is 1. The predicted octanol–water partition coefficient (Wildman–Crippen LogP) is 3.12. The fourth-order valence-electron chi connectivity index (χ4n) is 3.81. The van der Waals surface area contributed by atoms with Gasteiger partial charge in [0, 0.05) is 36.7 Å². The summed E-state index contributed by atoms with van der Waals surface area (Å²) in [7, 11) is 0. The number of halogens is 1. The molecule has 1 N–H and O–H groups in total. The van der Waals surface area contributed by atoms with Crippen LogP contribution in [0.5, 0.6) is 5.75 Å². The summed E-state index contributed by atoms with van der Waals surface area (Å²) in [5.74, 6) is 0.625. The van der Waals surface area contributed by atoms with Crippen molar-refractivity contribution in [2.24, 2.45) is 0 Å². The Balaban J connectivity index is 1.36. The van der Waals surface area contributed by atoms with Gasteiger partial charge in [-0.05, 0) is 54.8 Å². The van der Waals surface area contributed by atoms with E-state index in [0.29, 0.717) is 36.2 Å². The molecule has 2 atom stereocenters. The van der Waals surface area contributed by atoms with E-state index >= 15 is 0 Å². The second-order valence-corrected chi connectivity index (χ2v) is 7.50. The van der Waals surface area contributed by atoms with Crippen molar-refractivity contribution in [3.05, 3.63) is 64.7 Å². The van der Waals surface area contributed by atoms with Crippen molar-refractivity contribution in [3.8, 4) is 5.75 Å². The Morgan fingerprint density at radius 3 is 2.68 bits per heavy atom. The number of carbonyl (C=O) groups excluding carboxylic acids is 2. The van der Waals surface area contributed by atoms with E-state index in [1.807, 2.05) is 19.1 Å². The molecule has 0 aromatic heterocycles. The van der Waals surface area contributed by atoms with Gasteiger partial charge in [-0.3, -0.25) is 9.59 Å². The second kappa shape index (κ2) is 7.62. The van der Waals surface area contributed by atoms with Gasteiger partial charge >= 0.3 is 0 Å². The lowest BCUT2D eigenvalue weighted by Gasteiger charge is -2.17. The topological polar surface area (TPSA) is 58.6 Å². The Bertz CT molecular complexity index is 897. The van der Waals surface area contributed by atoms with Gasteiger partial charge in [0.15, 0.2) is 0 Å². The maximum absolute atomic E-state index is 12.6. The molecule has 2 aliphatic rings. The first kappa shape index (κ1) is 18.5. The van der Waals surface area contributed by atoms with Crippen LogP contribution in [0.15, 0.2) is 42.5 Å². The van der Waals surface area contributed by atoms with E-state index in [9.17, 15) is 14.0 Å². The Kier molecular flexibility index (Phi) is 5.03. The number of alkyl halides is 1. The van der Waals surface area contributed by atoms with Crippen molar-refractivity contribution in [2.45, 2.75) is 38.6 Å². The molecule has 146 valence electrons. The molecule has 4 rings (SSSR count). The molecule has 2 aliphatic heterocycles. The third-order valence-corrected chi connectivity index (χ3v) is 5.32. The van der Waals surface area contributed by atoms with Crippen molar-refractivity contribution < 1.29 is 18.7 Å². The van der Waals surface area contributed by atoms with Crippen molar-refractivity contribution >= 4 is 11.8 Å². The van der Waals surface area contributed by atoms with Crippen LogP contribution in [0.4, 0.5) is 4.39 Å². The summed E-state index contributed by atoms with van der Waals surface area (Å²) in [5.41, 5.74) is 2.76. The van der Waals surface area contributed by atoms with Crippen LogP contribution in [-0.4, -0.2) is 41.9 Å². The first-order valence-corrected chi connectivity index (χ1v) is 9.58. The van der Waals surface area contributed by atoms with Crippen LogP contribution >= 0.6 is 0 Å². The lowest BCUT2D eigenvalue weighted by molar-refractivity contribution is 0.0783. The van der Waals surface area contributed by atoms with Crippen molar-refractivity contribution in [3.63, 3.8) is 0 Å². The Hall–Kier alpha value is -2.89. The fourth-order valence-corrected chi connectivity index (χ4v) is 3.81. The molecule has 0 radical (unpaired) electrons. The number of likely N-dealkylation sites (tertiary alicyclic amines) is 1. The summed E-state index contributed by atoms with van der Waals surface area (Å²) in [6.07, 6.45) is 1.66.